The Morgan fingerprint density at radius 1 is 1.71 bits per heavy atom. The summed E-state index contributed by atoms with van der Waals surface area (Å²) in [6, 6.07) is 0. The highest BCUT2D eigenvalue weighted by molar-refractivity contribution is 5.74. The lowest BCUT2D eigenvalue weighted by molar-refractivity contribution is -0.148. The van der Waals surface area contributed by atoms with Crippen LogP contribution >= 0.6 is 0 Å². The third kappa shape index (κ3) is 1.54. The second-order valence-corrected chi connectivity index (χ2v) is 3.63. The van der Waals surface area contributed by atoms with Crippen molar-refractivity contribution in [3.05, 3.63) is 23.9 Å². The van der Waals surface area contributed by atoms with Gasteiger partial charge in [0.05, 0.1) is 12.5 Å². The van der Waals surface area contributed by atoms with Crippen LogP contribution in [0.25, 0.3) is 0 Å². The van der Waals surface area contributed by atoms with E-state index in [-0.39, 0.29) is 11.9 Å². The van der Waals surface area contributed by atoms with Crippen molar-refractivity contribution in [3.63, 3.8) is 0 Å². The van der Waals surface area contributed by atoms with Crippen LogP contribution < -0.4 is 5.32 Å². The lowest BCUT2D eigenvalue weighted by Crippen LogP contribution is -2.24. The van der Waals surface area contributed by atoms with E-state index < -0.39 is 0 Å². The molecule has 0 saturated carbocycles. The van der Waals surface area contributed by atoms with Gasteiger partial charge in [0, 0.05) is 18.2 Å². The monoisotopic (exact) mass is 193 g/mol. The van der Waals surface area contributed by atoms with Crippen molar-refractivity contribution in [3.8, 4) is 0 Å². The zero-order valence-corrected chi connectivity index (χ0v) is 8.32. The molecule has 0 aromatic rings. The Morgan fingerprint density at radius 2 is 2.57 bits per heavy atom. The van der Waals surface area contributed by atoms with Crippen molar-refractivity contribution in [2.75, 3.05) is 13.2 Å². The van der Waals surface area contributed by atoms with Gasteiger partial charge in [0.1, 0.15) is 0 Å². The number of carbonyl (C=O) groups is 1. The van der Waals surface area contributed by atoms with Gasteiger partial charge in [0.25, 0.3) is 0 Å². The fourth-order valence-electron chi connectivity index (χ4n) is 2.09. The molecule has 2 rings (SSSR count). The van der Waals surface area contributed by atoms with E-state index in [2.05, 4.69) is 11.4 Å². The SMILES string of the molecule is CCOC(=O)C1CNC2=CC=CCC21. The van der Waals surface area contributed by atoms with Crippen LogP contribution in [0.3, 0.4) is 0 Å². The highest BCUT2D eigenvalue weighted by atomic mass is 16.5. The number of hydrogen-bond acceptors (Lipinski definition) is 3. The third-order valence-corrected chi connectivity index (χ3v) is 2.80. The smallest absolute Gasteiger partial charge is 0.311 e. The van der Waals surface area contributed by atoms with E-state index in [1.807, 2.05) is 19.1 Å². The minimum absolute atomic E-state index is 0.00569. The molecule has 1 saturated heterocycles. The molecule has 0 radical (unpaired) electrons. The predicted octanol–water partition coefficient (Wildman–Crippen LogP) is 1.23. The van der Waals surface area contributed by atoms with Crippen LogP contribution in [0.5, 0.6) is 0 Å². The number of esters is 1. The molecular weight excluding hydrogens is 178 g/mol. The van der Waals surface area contributed by atoms with Crippen LogP contribution in [-0.4, -0.2) is 19.1 Å². The molecule has 1 N–H and O–H groups in total. The fourth-order valence-corrected chi connectivity index (χ4v) is 2.09. The van der Waals surface area contributed by atoms with Crippen molar-refractivity contribution in [1.82, 2.24) is 5.32 Å². The molecule has 0 bridgehead atoms. The first-order chi connectivity index (χ1) is 6.83. The van der Waals surface area contributed by atoms with Gasteiger partial charge < -0.3 is 10.1 Å². The summed E-state index contributed by atoms with van der Waals surface area (Å²) in [6.45, 7) is 3.03. The van der Waals surface area contributed by atoms with E-state index in [9.17, 15) is 4.79 Å². The molecule has 0 amide bonds. The second kappa shape index (κ2) is 3.86. The number of hydrogen-bond donors (Lipinski definition) is 1. The first-order valence-electron chi connectivity index (χ1n) is 5.10. The molecule has 0 aromatic heterocycles. The van der Waals surface area contributed by atoms with Crippen LogP contribution in [0.15, 0.2) is 23.9 Å². The molecule has 2 aliphatic rings. The first-order valence-corrected chi connectivity index (χ1v) is 5.10. The van der Waals surface area contributed by atoms with Crippen LogP contribution in [0.2, 0.25) is 0 Å². The molecule has 1 fully saturated rings. The Bertz CT molecular complexity index is 294. The number of rotatable bonds is 2. The molecule has 0 aromatic carbocycles. The van der Waals surface area contributed by atoms with E-state index in [4.69, 9.17) is 4.74 Å². The fraction of sp³-hybridized carbons (Fsp3) is 0.545. The molecule has 1 aliphatic carbocycles. The molecule has 1 heterocycles. The van der Waals surface area contributed by atoms with E-state index in [0.29, 0.717) is 12.5 Å². The Labute approximate surface area is 83.8 Å². The molecule has 0 spiro atoms. The quantitative estimate of drug-likeness (QED) is 0.670. The lowest BCUT2D eigenvalue weighted by atomic mass is 9.88. The maximum atomic E-state index is 11.6. The molecule has 76 valence electrons. The molecule has 3 nitrogen and oxygen atoms in total. The van der Waals surface area contributed by atoms with Gasteiger partial charge in [0.2, 0.25) is 0 Å². The van der Waals surface area contributed by atoms with Crippen molar-refractivity contribution in [2.24, 2.45) is 11.8 Å². The average Bonchev–Trinajstić information content (AvgIpc) is 2.61. The van der Waals surface area contributed by atoms with Gasteiger partial charge in [-0.15, -0.1) is 0 Å². The summed E-state index contributed by atoms with van der Waals surface area (Å²) < 4.78 is 5.04. The maximum absolute atomic E-state index is 11.6. The molecular formula is C11H15NO2. The summed E-state index contributed by atoms with van der Waals surface area (Å²) in [4.78, 5) is 11.6. The van der Waals surface area contributed by atoms with Crippen molar-refractivity contribution in [2.45, 2.75) is 13.3 Å². The third-order valence-electron chi connectivity index (χ3n) is 2.80. The summed E-state index contributed by atoms with van der Waals surface area (Å²) in [5.41, 5.74) is 1.19. The first kappa shape index (κ1) is 9.31. The highest BCUT2D eigenvalue weighted by Gasteiger charge is 2.37. The van der Waals surface area contributed by atoms with E-state index in [1.54, 1.807) is 0 Å². The van der Waals surface area contributed by atoms with Crippen LogP contribution in [0, 0.1) is 11.8 Å². The Morgan fingerprint density at radius 3 is 3.36 bits per heavy atom. The Balaban J connectivity index is 2.06. The lowest BCUT2D eigenvalue weighted by Gasteiger charge is -2.17. The zero-order chi connectivity index (χ0) is 9.97. The maximum Gasteiger partial charge on any atom is 0.311 e. The summed E-state index contributed by atoms with van der Waals surface area (Å²) in [5, 5.41) is 3.26. The van der Waals surface area contributed by atoms with E-state index in [0.717, 1.165) is 13.0 Å². The molecule has 1 aliphatic heterocycles. The van der Waals surface area contributed by atoms with Gasteiger partial charge in [-0.1, -0.05) is 12.2 Å². The summed E-state index contributed by atoms with van der Waals surface area (Å²) >= 11 is 0. The van der Waals surface area contributed by atoms with Gasteiger partial charge in [0.15, 0.2) is 0 Å². The standard InChI is InChI=1S/C11H15NO2/c1-2-14-11(13)9-7-12-10-6-4-3-5-8(9)10/h3-4,6,8-9,12H,2,5,7H2,1H3. The summed E-state index contributed by atoms with van der Waals surface area (Å²) in [7, 11) is 0. The summed E-state index contributed by atoms with van der Waals surface area (Å²) in [6.07, 6.45) is 7.13. The van der Waals surface area contributed by atoms with Crippen molar-refractivity contribution >= 4 is 5.97 Å². The number of nitrogens with one attached hydrogen (secondary N) is 1. The van der Waals surface area contributed by atoms with Gasteiger partial charge >= 0.3 is 5.97 Å². The van der Waals surface area contributed by atoms with Crippen LogP contribution in [0.4, 0.5) is 0 Å². The molecule has 2 unspecified atom stereocenters. The summed E-state index contributed by atoms with van der Waals surface area (Å²) in [5.74, 6) is 0.258. The zero-order valence-electron chi connectivity index (χ0n) is 8.32. The normalized spacial score (nSPS) is 29.1. The number of carbonyl (C=O) groups excluding carboxylic acids is 1. The van der Waals surface area contributed by atoms with E-state index in [1.165, 1.54) is 5.70 Å². The van der Waals surface area contributed by atoms with Crippen molar-refractivity contribution < 1.29 is 9.53 Å². The predicted molar refractivity (Wildman–Crippen MR) is 53.5 cm³/mol. The Hall–Kier alpha value is -1.25. The average molecular weight is 193 g/mol. The van der Waals surface area contributed by atoms with E-state index >= 15 is 0 Å². The number of allylic oxidation sites excluding steroid dienone is 4. The van der Waals surface area contributed by atoms with Crippen LogP contribution in [0.1, 0.15) is 13.3 Å². The van der Waals surface area contributed by atoms with Gasteiger partial charge in [-0.3, -0.25) is 4.79 Å². The highest BCUT2D eigenvalue weighted by Crippen LogP contribution is 2.32. The van der Waals surface area contributed by atoms with Gasteiger partial charge in [-0.25, -0.2) is 0 Å². The van der Waals surface area contributed by atoms with Gasteiger partial charge in [-0.05, 0) is 19.4 Å². The number of fused-ring (bicyclic) bond motifs is 1. The number of ether oxygens (including phenoxy) is 1. The Kier molecular flexibility index (Phi) is 2.57. The van der Waals surface area contributed by atoms with Crippen molar-refractivity contribution in [1.29, 1.82) is 0 Å². The topological polar surface area (TPSA) is 38.3 Å². The molecule has 14 heavy (non-hydrogen) atoms. The van der Waals surface area contributed by atoms with Crippen LogP contribution in [-0.2, 0) is 9.53 Å². The minimum Gasteiger partial charge on any atom is -0.466 e. The van der Waals surface area contributed by atoms with Gasteiger partial charge in [-0.2, -0.15) is 0 Å². The minimum atomic E-state index is -0.0660. The molecule has 3 heteroatoms. The second-order valence-electron chi connectivity index (χ2n) is 3.63. The largest absolute Gasteiger partial charge is 0.466 e. The molecule has 2 atom stereocenters.